The minimum Gasteiger partial charge on any atom is -0.378 e. The van der Waals surface area contributed by atoms with Gasteiger partial charge in [0.2, 0.25) is 5.13 Å². The van der Waals surface area contributed by atoms with Gasteiger partial charge in [0.25, 0.3) is 0 Å². The highest BCUT2D eigenvalue weighted by Crippen LogP contribution is 2.40. The Morgan fingerprint density at radius 2 is 2.11 bits per heavy atom. The maximum absolute atomic E-state index is 5.81. The summed E-state index contributed by atoms with van der Waals surface area (Å²) in [6.07, 6.45) is 8.02. The van der Waals surface area contributed by atoms with Gasteiger partial charge in [0, 0.05) is 36.0 Å². The van der Waals surface area contributed by atoms with Crippen LogP contribution in [0.15, 0.2) is 0 Å². The second kappa shape index (κ2) is 4.46. The minimum absolute atomic E-state index is 0.493. The van der Waals surface area contributed by atoms with Crippen LogP contribution in [0.3, 0.4) is 0 Å². The number of anilines is 1. The molecular weight excluding hydrogens is 246 g/mol. The minimum atomic E-state index is 0.493. The van der Waals surface area contributed by atoms with Crippen LogP contribution in [0.4, 0.5) is 5.13 Å². The van der Waals surface area contributed by atoms with Gasteiger partial charge in [-0.05, 0) is 38.5 Å². The topological polar surface area (TPSA) is 47.0 Å². The summed E-state index contributed by atoms with van der Waals surface area (Å²) in [5.41, 5.74) is 0. The molecule has 2 heterocycles. The molecule has 98 valence electrons. The zero-order valence-corrected chi connectivity index (χ0v) is 11.3. The predicted molar refractivity (Wildman–Crippen MR) is 71.0 cm³/mol. The van der Waals surface area contributed by atoms with E-state index in [1.165, 1.54) is 50.1 Å². The molecule has 3 unspecified atom stereocenters. The fraction of sp³-hybridized carbons (Fsp3) is 0.846. The van der Waals surface area contributed by atoms with Gasteiger partial charge in [-0.3, -0.25) is 0 Å². The van der Waals surface area contributed by atoms with E-state index in [4.69, 9.17) is 4.74 Å². The molecule has 1 aromatic heterocycles. The highest BCUT2D eigenvalue weighted by Gasteiger charge is 2.38. The van der Waals surface area contributed by atoms with Crippen LogP contribution in [-0.2, 0) is 4.74 Å². The summed E-state index contributed by atoms with van der Waals surface area (Å²) >= 11 is 1.53. The normalized spacial score (nSPS) is 35.4. The second-order valence-electron chi connectivity index (χ2n) is 5.78. The molecule has 1 aromatic rings. The van der Waals surface area contributed by atoms with Crippen molar-refractivity contribution >= 4 is 16.7 Å². The number of fused-ring (bicyclic) bond motifs is 1. The van der Waals surface area contributed by atoms with Gasteiger partial charge in [-0.25, -0.2) is 4.98 Å². The van der Waals surface area contributed by atoms with Gasteiger partial charge in [0.1, 0.15) is 5.82 Å². The highest BCUT2D eigenvalue weighted by atomic mass is 32.1. The van der Waals surface area contributed by atoms with E-state index in [9.17, 15) is 0 Å². The number of ether oxygens (including phenoxy) is 1. The molecule has 2 aliphatic carbocycles. The number of aromatic nitrogens is 2. The summed E-state index contributed by atoms with van der Waals surface area (Å²) in [6, 6.07) is 0.547. The zero-order valence-electron chi connectivity index (χ0n) is 10.5. The first-order chi connectivity index (χ1) is 8.90. The first-order valence-electron chi connectivity index (χ1n) is 7.12. The van der Waals surface area contributed by atoms with E-state index in [2.05, 4.69) is 14.7 Å². The Morgan fingerprint density at radius 1 is 1.17 bits per heavy atom. The Balaban J connectivity index is 1.45. The van der Waals surface area contributed by atoms with E-state index in [0.717, 1.165) is 17.6 Å². The van der Waals surface area contributed by atoms with Crippen LogP contribution in [0.5, 0.6) is 0 Å². The molecule has 0 spiro atoms. The average Bonchev–Trinajstić information content (AvgIpc) is 2.94. The number of nitrogens with one attached hydrogen (secondary N) is 1. The van der Waals surface area contributed by atoms with Crippen molar-refractivity contribution < 1.29 is 4.74 Å². The third kappa shape index (κ3) is 2.03. The molecule has 1 aliphatic heterocycles. The summed E-state index contributed by atoms with van der Waals surface area (Å²) in [5, 5.41) is 4.64. The van der Waals surface area contributed by atoms with Gasteiger partial charge in [-0.2, -0.15) is 4.37 Å². The fourth-order valence-electron chi connectivity index (χ4n) is 3.31. The molecule has 1 N–H and O–H groups in total. The van der Waals surface area contributed by atoms with Crippen molar-refractivity contribution in [3.8, 4) is 0 Å². The maximum atomic E-state index is 5.81. The van der Waals surface area contributed by atoms with Gasteiger partial charge in [-0.1, -0.05) is 0 Å². The molecule has 0 bridgehead atoms. The SMILES string of the molecule is C1CC(Nc2nc(C3CC3)ns2)C2CCOC2C1. The van der Waals surface area contributed by atoms with Crippen molar-refractivity contribution in [2.45, 2.75) is 56.6 Å². The molecule has 3 fully saturated rings. The van der Waals surface area contributed by atoms with E-state index in [1.807, 2.05) is 0 Å². The summed E-state index contributed by atoms with van der Waals surface area (Å²) in [6.45, 7) is 0.941. The molecule has 0 amide bonds. The van der Waals surface area contributed by atoms with Crippen LogP contribution in [-0.4, -0.2) is 28.1 Å². The van der Waals surface area contributed by atoms with Crippen LogP contribution in [0.1, 0.15) is 50.3 Å². The highest BCUT2D eigenvalue weighted by molar-refractivity contribution is 7.09. The van der Waals surface area contributed by atoms with Crippen molar-refractivity contribution in [2.24, 2.45) is 5.92 Å². The lowest BCUT2D eigenvalue weighted by Gasteiger charge is -2.32. The molecule has 4 nitrogen and oxygen atoms in total. The molecule has 2 saturated carbocycles. The smallest absolute Gasteiger partial charge is 0.202 e. The second-order valence-corrected chi connectivity index (χ2v) is 6.53. The van der Waals surface area contributed by atoms with E-state index < -0.39 is 0 Å². The predicted octanol–water partition coefficient (Wildman–Crippen LogP) is 2.79. The van der Waals surface area contributed by atoms with E-state index in [1.54, 1.807) is 0 Å². The van der Waals surface area contributed by atoms with Crippen LogP contribution in [0.25, 0.3) is 0 Å². The van der Waals surface area contributed by atoms with Gasteiger partial charge in [0.05, 0.1) is 6.10 Å². The Bertz CT molecular complexity index is 432. The maximum Gasteiger partial charge on any atom is 0.202 e. The standard InChI is InChI=1S/C13H19N3OS/c1-2-10(9-6-7-17-11(9)3-1)14-13-15-12(16-18-13)8-4-5-8/h8-11H,1-7H2,(H,14,15,16). The lowest BCUT2D eigenvalue weighted by atomic mass is 9.82. The number of hydrogen-bond acceptors (Lipinski definition) is 5. The lowest BCUT2D eigenvalue weighted by Crippen LogP contribution is -2.38. The number of nitrogens with zero attached hydrogens (tertiary/aromatic N) is 2. The quantitative estimate of drug-likeness (QED) is 0.913. The summed E-state index contributed by atoms with van der Waals surface area (Å²) in [7, 11) is 0. The van der Waals surface area contributed by atoms with Gasteiger partial charge >= 0.3 is 0 Å². The van der Waals surface area contributed by atoms with Gasteiger partial charge in [-0.15, -0.1) is 0 Å². The van der Waals surface area contributed by atoms with Gasteiger partial charge in [0.15, 0.2) is 0 Å². The summed E-state index contributed by atoms with van der Waals surface area (Å²) in [5.74, 6) is 2.41. The first-order valence-corrected chi connectivity index (χ1v) is 7.89. The van der Waals surface area contributed by atoms with Crippen LogP contribution < -0.4 is 5.32 Å². The lowest BCUT2D eigenvalue weighted by molar-refractivity contribution is 0.0620. The van der Waals surface area contributed by atoms with E-state index in [-0.39, 0.29) is 0 Å². The van der Waals surface area contributed by atoms with E-state index in [0.29, 0.717) is 24.0 Å². The van der Waals surface area contributed by atoms with E-state index >= 15 is 0 Å². The Kier molecular flexibility index (Phi) is 2.77. The Morgan fingerprint density at radius 3 is 3.00 bits per heavy atom. The molecule has 4 rings (SSSR count). The van der Waals surface area contributed by atoms with Crippen molar-refractivity contribution in [1.82, 2.24) is 9.36 Å². The zero-order chi connectivity index (χ0) is 11.9. The van der Waals surface area contributed by atoms with Crippen LogP contribution in [0.2, 0.25) is 0 Å². The third-order valence-electron chi connectivity index (χ3n) is 4.47. The van der Waals surface area contributed by atoms with Crippen molar-refractivity contribution in [3.05, 3.63) is 5.82 Å². The molecule has 3 atom stereocenters. The molecule has 1 saturated heterocycles. The molecular formula is C13H19N3OS. The molecule has 0 aromatic carbocycles. The average molecular weight is 265 g/mol. The monoisotopic (exact) mass is 265 g/mol. The molecule has 5 heteroatoms. The van der Waals surface area contributed by atoms with Crippen LogP contribution in [0, 0.1) is 5.92 Å². The number of hydrogen-bond donors (Lipinski definition) is 1. The molecule has 18 heavy (non-hydrogen) atoms. The number of rotatable bonds is 3. The summed E-state index contributed by atoms with van der Waals surface area (Å²) in [4.78, 5) is 4.64. The van der Waals surface area contributed by atoms with Gasteiger partial charge < -0.3 is 10.1 Å². The Hall–Kier alpha value is -0.680. The van der Waals surface area contributed by atoms with Crippen molar-refractivity contribution in [2.75, 3.05) is 11.9 Å². The third-order valence-corrected chi connectivity index (χ3v) is 5.13. The molecule has 0 radical (unpaired) electrons. The largest absolute Gasteiger partial charge is 0.378 e. The fourth-order valence-corrected chi connectivity index (χ4v) is 4.02. The Labute approximate surface area is 111 Å². The molecule has 3 aliphatic rings. The van der Waals surface area contributed by atoms with Crippen molar-refractivity contribution in [3.63, 3.8) is 0 Å². The summed E-state index contributed by atoms with van der Waals surface area (Å²) < 4.78 is 10.3. The van der Waals surface area contributed by atoms with Crippen molar-refractivity contribution in [1.29, 1.82) is 0 Å². The van der Waals surface area contributed by atoms with Crippen LogP contribution >= 0.6 is 11.5 Å². The first kappa shape index (κ1) is 11.2.